The van der Waals surface area contributed by atoms with Crippen LogP contribution in [0.15, 0.2) is 53.4 Å². The fraction of sp³-hybridized carbons (Fsp3) is 0.150. The van der Waals surface area contributed by atoms with E-state index in [1.54, 1.807) is 30.3 Å². The van der Waals surface area contributed by atoms with Crippen LogP contribution >= 0.6 is 11.8 Å². The van der Waals surface area contributed by atoms with E-state index < -0.39 is 11.1 Å². The first-order valence-corrected chi connectivity index (χ1v) is 9.23. The number of rotatable bonds is 6. The van der Waals surface area contributed by atoms with Gasteiger partial charge in [0.15, 0.2) is 0 Å². The third-order valence-electron chi connectivity index (χ3n) is 4.01. The molecule has 8 heteroatoms. The number of imide groups is 1. The van der Waals surface area contributed by atoms with E-state index in [1.165, 1.54) is 31.4 Å². The molecule has 1 N–H and O–H groups in total. The Morgan fingerprint density at radius 3 is 2.46 bits per heavy atom. The highest BCUT2D eigenvalue weighted by molar-refractivity contribution is 8.18. The molecule has 0 atom stereocenters. The first kappa shape index (κ1) is 19.6. The third-order valence-corrected chi connectivity index (χ3v) is 4.92. The van der Waals surface area contributed by atoms with Crippen LogP contribution in [-0.2, 0) is 4.79 Å². The Kier molecular flexibility index (Phi) is 6.10. The number of carbonyl (C=O) groups excluding carboxylic acids is 3. The summed E-state index contributed by atoms with van der Waals surface area (Å²) in [5.74, 6) is -0.477. The van der Waals surface area contributed by atoms with Crippen LogP contribution in [-0.4, -0.2) is 42.2 Å². The van der Waals surface area contributed by atoms with Crippen LogP contribution in [0.1, 0.15) is 15.9 Å². The SMILES string of the molecule is COc1ccc(C(=O)NCCN2C(=O)SC(=Cc3ccc(F)cc3)C2=O)cc1. The quantitative estimate of drug-likeness (QED) is 0.753. The summed E-state index contributed by atoms with van der Waals surface area (Å²) >= 11 is 0.818. The van der Waals surface area contributed by atoms with Gasteiger partial charge in [-0.2, -0.15) is 0 Å². The molecule has 0 saturated carbocycles. The second kappa shape index (κ2) is 8.71. The summed E-state index contributed by atoms with van der Waals surface area (Å²) < 4.78 is 18.0. The van der Waals surface area contributed by atoms with Crippen LogP contribution in [0.4, 0.5) is 9.18 Å². The lowest BCUT2D eigenvalue weighted by Gasteiger charge is -2.13. The number of thioether (sulfide) groups is 1. The molecule has 3 amide bonds. The van der Waals surface area contributed by atoms with Gasteiger partial charge in [0.1, 0.15) is 11.6 Å². The Labute approximate surface area is 165 Å². The van der Waals surface area contributed by atoms with Crippen molar-refractivity contribution in [1.82, 2.24) is 10.2 Å². The Hall–Kier alpha value is -3.13. The van der Waals surface area contributed by atoms with Crippen LogP contribution < -0.4 is 10.1 Å². The molecule has 0 bridgehead atoms. The number of ether oxygens (including phenoxy) is 1. The van der Waals surface area contributed by atoms with Gasteiger partial charge in [-0.05, 0) is 59.8 Å². The summed E-state index contributed by atoms with van der Waals surface area (Å²) in [5, 5.41) is 2.27. The molecule has 2 aromatic carbocycles. The van der Waals surface area contributed by atoms with Gasteiger partial charge in [0.05, 0.1) is 12.0 Å². The summed E-state index contributed by atoms with van der Waals surface area (Å²) in [5.41, 5.74) is 1.07. The van der Waals surface area contributed by atoms with Crippen LogP contribution in [0, 0.1) is 5.82 Å². The second-order valence-corrected chi connectivity index (χ2v) is 6.86. The monoisotopic (exact) mass is 400 g/mol. The smallest absolute Gasteiger partial charge is 0.293 e. The number of nitrogens with zero attached hydrogens (tertiary/aromatic N) is 1. The Balaban J connectivity index is 1.57. The zero-order valence-corrected chi connectivity index (χ0v) is 15.8. The molecule has 0 unspecified atom stereocenters. The van der Waals surface area contributed by atoms with Gasteiger partial charge in [0, 0.05) is 18.7 Å². The lowest BCUT2D eigenvalue weighted by Crippen LogP contribution is -2.37. The Morgan fingerprint density at radius 1 is 1.14 bits per heavy atom. The molecule has 1 saturated heterocycles. The maximum absolute atomic E-state index is 13.0. The van der Waals surface area contributed by atoms with Gasteiger partial charge in [-0.3, -0.25) is 19.3 Å². The minimum atomic E-state index is -0.432. The molecule has 2 aromatic rings. The topological polar surface area (TPSA) is 75.7 Å². The molecule has 1 heterocycles. The van der Waals surface area contributed by atoms with Gasteiger partial charge in [-0.1, -0.05) is 12.1 Å². The van der Waals surface area contributed by atoms with Crippen molar-refractivity contribution in [2.24, 2.45) is 0 Å². The molecule has 0 aliphatic carbocycles. The molecule has 0 spiro atoms. The van der Waals surface area contributed by atoms with Gasteiger partial charge in [-0.15, -0.1) is 0 Å². The van der Waals surface area contributed by atoms with Crippen molar-refractivity contribution in [3.63, 3.8) is 0 Å². The lowest BCUT2D eigenvalue weighted by molar-refractivity contribution is -0.122. The number of benzene rings is 2. The zero-order valence-electron chi connectivity index (χ0n) is 15.0. The van der Waals surface area contributed by atoms with E-state index in [0.29, 0.717) is 16.9 Å². The van der Waals surface area contributed by atoms with Crippen molar-refractivity contribution >= 4 is 34.9 Å². The highest BCUT2D eigenvalue weighted by Crippen LogP contribution is 2.31. The summed E-state index contributed by atoms with van der Waals surface area (Å²) in [6, 6.07) is 12.2. The zero-order chi connectivity index (χ0) is 20.1. The fourth-order valence-corrected chi connectivity index (χ4v) is 3.39. The van der Waals surface area contributed by atoms with E-state index in [4.69, 9.17) is 4.74 Å². The van der Waals surface area contributed by atoms with Gasteiger partial charge in [0.25, 0.3) is 17.1 Å². The Morgan fingerprint density at radius 2 is 1.82 bits per heavy atom. The molecule has 144 valence electrons. The highest BCUT2D eigenvalue weighted by Gasteiger charge is 2.34. The number of amides is 3. The van der Waals surface area contributed by atoms with Gasteiger partial charge < -0.3 is 10.1 Å². The summed E-state index contributed by atoms with van der Waals surface area (Å²) in [7, 11) is 1.54. The van der Waals surface area contributed by atoms with Crippen LogP contribution in [0.25, 0.3) is 6.08 Å². The van der Waals surface area contributed by atoms with Crippen molar-refractivity contribution in [3.8, 4) is 5.75 Å². The maximum atomic E-state index is 13.0. The summed E-state index contributed by atoms with van der Waals surface area (Å²) in [6.45, 7) is 0.194. The number of carbonyl (C=O) groups is 3. The van der Waals surface area contributed by atoms with Crippen molar-refractivity contribution in [2.45, 2.75) is 0 Å². The largest absolute Gasteiger partial charge is 0.497 e. The van der Waals surface area contributed by atoms with Crippen molar-refractivity contribution < 1.29 is 23.5 Å². The molecular formula is C20H17FN2O4S. The molecular weight excluding hydrogens is 383 g/mol. The number of halogens is 1. The molecule has 28 heavy (non-hydrogen) atoms. The van der Waals surface area contributed by atoms with Gasteiger partial charge in [0.2, 0.25) is 0 Å². The van der Waals surface area contributed by atoms with Crippen LogP contribution in [0.5, 0.6) is 5.75 Å². The third kappa shape index (κ3) is 4.58. The van der Waals surface area contributed by atoms with E-state index >= 15 is 0 Å². The molecule has 1 aliphatic heterocycles. The normalized spacial score (nSPS) is 15.2. The predicted molar refractivity (Wildman–Crippen MR) is 104 cm³/mol. The van der Waals surface area contributed by atoms with Gasteiger partial charge >= 0.3 is 0 Å². The molecule has 1 aliphatic rings. The van der Waals surface area contributed by atoms with Crippen molar-refractivity contribution in [3.05, 3.63) is 70.4 Å². The van der Waals surface area contributed by atoms with E-state index in [9.17, 15) is 18.8 Å². The number of nitrogens with one attached hydrogen (secondary N) is 1. The van der Waals surface area contributed by atoms with E-state index in [0.717, 1.165) is 16.7 Å². The molecule has 3 rings (SSSR count). The van der Waals surface area contributed by atoms with Crippen LogP contribution in [0.2, 0.25) is 0 Å². The van der Waals surface area contributed by atoms with E-state index in [-0.39, 0.29) is 29.7 Å². The Bertz CT molecular complexity index is 926. The van der Waals surface area contributed by atoms with E-state index in [1.807, 2.05) is 0 Å². The molecule has 0 aromatic heterocycles. The average molecular weight is 400 g/mol. The molecule has 1 fully saturated rings. The number of methoxy groups -OCH3 is 1. The highest BCUT2D eigenvalue weighted by atomic mass is 32.2. The number of hydrogen-bond donors (Lipinski definition) is 1. The molecule has 0 radical (unpaired) electrons. The second-order valence-electron chi connectivity index (χ2n) is 5.87. The van der Waals surface area contributed by atoms with Crippen molar-refractivity contribution in [2.75, 3.05) is 20.2 Å². The maximum Gasteiger partial charge on any atom is 0.293 e. The average Bonchev–Trinajstić information content (AvgIpc) is 2.97. The predicted octanol–water partition coefficient (Wildman–Crippen LogP) is 3.30. The van der Waals surface area contributed by atoms with Crippen LogP contribution in [0.3, 0.4) is 0 Å². The first-order chi connectivity index (χ1) is 13.5. The lowest BCUT2D eigenvalue weighted by atomic mass is 10.2. The van der Waals surface area contributed by atoms with E-state index in [2.05, 4.69) is 5.32 Å². The number of hydrogen-bond acceptors (Lipinski definition) is 5. The first-order valence-electron chi connectivity index (χ1n) is 8.41. The van der Waals surface area contributed by atoms with Gasteiger partial charge in [-0.25, -0.2) is 4.39 Å². The van der Waals surface area contributed by atoms with Crippen molar-refractivity contribution in [1.29, 1.82) is 0 Å². The summed E-state index contributed by atoms with van der Waals surface area (Å²) in [6.07, 6.45) is 1.54. The summed E-state index contributed by atoms with van der Waals surface area (Å²) in [4.78, 5) is 38.0. The standard InChI is InChI=1S/C20H17FN2O4S/c1-27-16-8-4-14(5-9-16)18(24)22-10-11-23-19(25)17(28-20(23)26)12-13-2-6-15(21)7-3-13/h2-9,12H,10-11H2,1H3,(H,22,24). The minimum absolute atomic E-state index is 0.0628. The molecule has 6 nitrogen and oxygen atoms in total. The minimum Gasteiger partial charge on any atom is -0.497 e. The fourth-order valence-electron chi connectivity index (χ4n) is 2.53.